The zero-order chi connectivity index (χ0) is 11.3. The predicted octanol–water partition coefficient (Wildman–Crippen LogP) is 2.22. The van der Waals surface area contributed by atoms with Crippen molar-refractivity contribution in [3.05, 3.63) is 18.2 Å². The first-order valence-corrected chi connectivity index (χ1v) is 5.78. The second-order valence-corrected chi connectivity index (χ2v) is 4.91. The van der Waals surface area contributed by atoms with Crippen LogP contribution in [0.1, 0.15) is 39.9 Å². The van der Waals surface area contributed by atoms with Crippen LogP contribution in [0.15, 0.2) is 12.4 Å². The summed E-state index contributed by atoms with van der Waals surface area (Å²) in [5, 5.41) is 3.48. The molecule has 1 aromatic heterocycles. The smallest absolute Gasteiger partial charge is 0.108 e. The van der Waals surface area contributed by atoms with E-state index < -0.39 is 0 Å². The Kier molecular flexibility index (Phi) is 4.33. The number of rotatable bonds is 5. The first kappa shape index (κ1) is 12.2. The van der Waals surface area contributed by atoms with Crippen LogP contribution in [0.4, 0.5) is 0 Å². The van der Waals surface area contributed by atoms with Gasteiger partial charge in [0.2, 0.25) is 0 Å². The molecule has 0 amide bonds. The minimum absolute atomic E-state index is 0.222. The van der Waals surface area contributed by atoms with Gasteiger partial charge in [0.1, 0.15) is 5.82 Å². The first-order valence-electron chi connectivity index (χ1n) is 5.78. The van der Waals surface area contributed by atoms with Crippen molar-refractivity contribution in [2.75, 3.05) is 6.54 Å². The molecule has 0 fully saturated rings. The van der Waals surface area contributed by atoms with Gasteiger partial charge in [-0.1, -0.05) is 0 Å². The number of aryl methyl sites for hydroxylation is 2. The Morgan fingerprint density at radius 3 is 2.73 bits per heavy atom. The largest absolute Gasteiger partial charge is 0.335 e. The van der Waals surface area contributed by atoms with Gasteiger partial charge in [-0.05, 0) is 40.7 Å². The van der Waals surface area contributed by atoms with E-state index in [4.69, 9.17) is 0 Å². The highest BCUT2D eigenvalue weighted by atomic mass is 15.1. The summed E-state index contributed by atoms with van der Waals surface area (Å²) in [7, 11) is 0. The Bertz CT molecular complexity index is 283. The predicted molar refractivity (Wildman–Crippen MR) is 64.0 cm³/mol. The van der Waals surface area contributed by atoms with Crippen molar-refractivity contribution in [1.82, 2.24) is 14.9 Å². The van der Waals surface area contributed by atoms with Crippen molar-refractivity contribution in [2.24, 2.45) is 0 Å². The maximum Gasteiger partial charge on any atom is 0.108 e. The summed E-state index contributed by atoms with van der Waals surface area (Å²) in [4.78, 5) is 4.36. The molecule has 3 heteroatoms. The van der Waals surface area contributed by atoms with Crippen LogP contribution in [0.25, 0.3) is 0 Å². The van der Waals surface area contributed by atoms with Crippen molar-refractivity contribution in [2.45, 2.75) is 52.6 Å². The Morgan fingerprint density at radius 1 is 1.40 bits per heavy atom. The zero-order valence-corrected chi connectivity index (χ0v) is 10.4. The topological polar surface area (TPSA) is 29.9 Å². The van der Waals surface area contributed by atoms with E-state index in [1.165, 1.54) is 5.82 Å². The molecule has 0 unspecified atom stereocenters. The average molecular weight is 209 g/mol. The lowest BCUT2D eigenvalue weighted by atomic mass is 10.1. The first-order chi connectivity index (χ1) is 7.03. The van der Waals surface area contributed by atoms with Crippen LogP contribution >= 0.6 is 0 Å². The Hall–Kier alpha value is -0.830. The highest BCUT2D eigenvalue weighted by Crippen LogP contribution is 2.02. The van der Waals surface area contributed by atoms with Crippen LogP contribution in [0.5, 0.6) is 0 Å². The summed E-state index contributed by atoms with van der Waals surface area (Å²) in [6.07, 6.45) is 6.14. The van der Waals surface area contributed by atoms with Crippen molar-refractivity contribution in [1.29, 1.82) is 0 Å². The molecule has 1 N–H and O–H groups in total. The lowest BCUT2D eigenvalue weighted by Gasteiger charge is -2.20. The number of hydrogen-bond acceptors (Lipinski definition) is 2. The van der Waals surface area contributed by atoms with Crippen LogP contribution in [-0.2, 0) is 13.0 Å². The molecule has 0 spiro atoms. The van der Waals surface area contributed by atoms with Gasteiger partial charge in [0, 0.05) is 30.9 Å². The molecule has 3 nitrogen and oxygen atoms in total. The molecule has 0 saturated carbocycles. The number of imidazole rings is 1. The zero-order valence-electron chi connectivity index (χ0n) is 10.4. The van der Waals surface area contributed by atoms with E-state index in [-0.39, 0.29) is 5.54 Å². The van der Waals surface area contributed by atoms with Crippen LogP contribution in [-0.4, -0.2) is 21.6 Å². The summed E-state index contributed by atoms with van der Waals surface area (Å²) in [6, 6.07) is 0. The minimum Gasteiger partial charge on any atom is -0.335 e. The lowest BCUT2D eigenvalue weighted by molar-refractivity contribution is 0.420. The van der Waals surface area contributed by atoms with E-state index in [1.54, 1.807) is 0 Å². The van der Waals surface area contributed by atoms with Crippen molar-refractivity contribution in [3.8, 4) is 0 Å². The van der Waals surface area contributed by atoms with Gasteiger partial charge in [0.15, 0.2) is 0 Å². The molecular weight excluding hydrogens is 186 g/mol. The summed E-state index contributed by atoms with van der Waals surface area (Å²) in [6.45, 7) is 10.8. The number of nitrogens with zero attached hydrogens (tertiary/aromatic N) is 2. The van der Waals surface area contributed by atoms with Gasteiger partial charge in [0.05, 0.1) is 0 Å². The van der Waals surface area contributed by atoms with Crippen LogP contribution in [0, 0.1) is 0 Å². The summed E-state index contributed by atoms with van der Waals surface area (Å²) in [5.74, 6) is 1.20. The van der Waals surface area contributed by atoms with E-state index in [9.17, 15) is 0 Å². The van der Waals surface area contributed by atoms with E-state index >= 15 is 0 Å². The molecule has 1 heterocycles. The maximum atomic E-state index is 4.36. The third kappa shape index (κ3) is 4.47. The van der Waals surface area contributed by atoms with Crippen LogP contribution < -0.4 is 5.32 Å². The summed E-state index contributed by atoms with van der Waals surface area (Å²) in [5.41, 5.74) is 0.222. The minimum atomic E-state index is 0.222. The Morgan fingerprint density at radius 2 is 2.13 bits per heavy atom. The fourth-order valence-corrected chi connectivity index (χ4v) is 1.57. The molecule has 1 rings (SSSR count). The van der Waals surface area contributed by atoms with E-state index in [2.05, 4.69) is 42.6 Å². The maximum absolute atomic E-state index is 4.36. The second kappa shape index (κ2) is 5.31. The van der Waals surface area contributed by atoms with Crippen LogP contribution in [0.3, 0.4) is 0 Å². The van der Waals surface area contributed by atoms with E-state index in [0.717, 1.165) is 25.9 Å². The van der Waals surface area contributed by atoms with Gasteiger partial charge < -0.3 is 9.88 Å². The summed E-state index contributed by atoms with van der Waals surface area (Å²) < 4.78 is 2.21. The third-order valence-electron chi connectivity index (χ3n) is 2.37. The average Bonchev–Trinajstić information content (AvgIpc) is 2.58. The standard InChI is InChI=1S/C12H23N3/c1-5-15-10-9-13-11(15)7-6-8-14-12(2,3)4/h9-10,14H,5-8H2,1-4H3. The van der Waals surface area contributed by atoms with Crippen molar-refractivity contribution in [3.63, 3.8) is 0 Å². The molecule has 0 saturated heterocycles. The SMILES string of the molecule is CCn1ccnc1CCCNC(C)(C)C. The van der Waals surface area contributed by atoms with Gasteiger partial charge >= 0.3 is 0 Å². The van der Waals surface area contributed by atoms with Gasteiger partial charge in [-0.15, -0.1) is 0 Å². The molecule has 0 aliphatic heterocycles. The molecule has 0 atom stereocenters. The van der Waals surface area contributed by atoms with Crippen molar-refractivity contribution >= 4 is 0 Å². The molecule has 15 heavy (non-hydrogen) atoms. The van der Waals surface area contributed by atoms with E-state index in [1.807, 2.05) is 12.4 Å². The van der Waals surface area contributed by atoms with Gasteiger partial charge in [-0.25, -0.2) is 4.98 Å². The fourth-order valence-electron chi connectivity index (χ4n) is 1.57. The highest BCUT2D eigenvalue weighted by Gasteiger charge is 2.08. The molecule has 86 valence electrons. The molecule has 0 radical (unpaired) electrons. The Balaban J connectivity index is 2.26. The van der Waals surface area contributed by atoms with E-state index in [0.29, 0.717) is 0 Å². The van der Waals surface area contributed by atoms with Gasteiger partial charge in [0.25, 0.3) is 0 Å². The van der Waals surface area contributed by atoms with Gasteiger partial charge in [-0.3, -0.25) is 0 Å². The molecule has 0 aliphatic carbocycles. The third-order valence-corrected chi connectivity index (χ3v) is 2.37. The molecule has 0 aliphatic rings. The van der Waals surface area contributed by atoms with Gasteiger partial charge in [-0.2, -0.15) is 0 Å². The number of hydrogen-bond donors (Lipinski definition) is 1. The molecule has 1 aromatic rings. The lowest BCUT2D eigenvalue weighted by Crippen LogP contribution is -2.36. The molecule has 0 aromatic carbocycles. The molecule has 0 bridgehead atoms. The monoisotopic (exact) mass is 209 g/mol. The number of aromatic nitrogens is 2. The highest BCUT2D eigenvalue weighted by molar-refractivity contribution is 4.92. The molecular formula is C12H23N3. The fraction of sp³-hybridized carbons (Fsp3) is 0.750. The van der Waals surface area contributed by atoms with Crippen molar-refractivity contribution < 1.29 is 0 Å². The number of nitrogens with one attached hydrogen (secondary N) is 1. The van der Waals surface area contributed by atoms with Crippen LogP contribution in [0.2, 0.25) is 0 Å². The second-order valence-electron chi connectivity index (χ2n) is 4.91. The quantitative estimate of drug-likeness (QED) is 0.754. The Labute approximate surface area is 92.9 Å². The normalized spacial score (nSPS) is 12.0. The summed E-state index contributed by atoms with van der Waals surface area (Å²) >= 11 is 0.